The van der Waals surface area contributed by atoms with Gasteiger partial charge in [-0.3, -0.25) is 4.79 Å². The van der Waals surface area contributed by atoms with Gasteiger partial charge in [0.05, 0.1) is 11.3 Å². The number of hydrogen-bond acceptors (Lipinski definition) is 4. The Kier molecular flexibility index (Phi) is 5.67. The standard InChI is InChI=1S/C25H22N4O2/c1-17(30)18-10-11-19(15-26)24(14-18)29-13-12-22-20(16-29)6-5-9-23(22)28-25(31)27-21-7-3-2-4-8-21/h2-11,14H,12-13,16H2,1H3,(H2,27,28,31). The van der Waals surface area contributed by atoms with E-state index in [1.165, 1.54) is 6.92 Å². The molecule has 2 amide bonds. The lowest BCUT2D eigenvalue weighted by molar-refractivity contribution is 0.101. The number of carbonyl (C=O) groups excluding carboxylic acids is 2. The number of amides is 2. The molecule has 1 heterocycles. The monoisotopic (exact) mass is 410 g/mol. The summed E-state index contributed by atoms with van der Waals surface area (Å²) in [7, 11) is 0. The highest BCUT2D eigenvalue weighted by atomic mass is 16.2. The molecule has 6 nitrogen and oxygen atoms in total. The van der Waals surface area contributed by atoms with Crippen molar-refractivity contribution < 1.29 is 9.59 Å². The average molecular weight is 410 g/mol. The predicted molar refractivity (Wildman–Crippen MR) is 121 cm³/mol. The van der Waals surface area contributed by atoms with Gasteiger partial charge in [-0.25, -0.2) is 4.79 Å². The van der Waals surface area contributed by atoms with E-state index in [4.69, 9.17) is 0 Å². The molecule has 0 aliphatic carbocycles. The van der Waals surface area contributed by atoms with Gasteiger partial charge in [0.1, 0.15) is 6.07 Å². The third-order valence-corrected chi connectivity index (χ3v) is 5.41. The van der Waals surface area contributed by atoms with Gasteiger partial charge < -0.3 is 15.5 Å². The van der Waals surface area contributed by atoms with Crippen LogP contribution in [0.5, 0.6) is 0 Å². The van der Waals surface area contributed by atoms with Gasteiger partial charge in [0.15, 0.2) is 5.78 Å². The summed E-state index contributed by atoms with van der Waals surface area (Å²) in [6, 6.07) is 22.3. The van der Waals surface area contributed by atoms with Crippen LogP contribution in [0.15, 0.2) is 66.7 Å². The second-order valence-electron chi connectivity index (χ2n) is 7.46. The number of carbonyl (C=O) groups is 2. The van der Waals surface area contributed by atoms with Crippen LogP contribution in [0.1, 0.15) is 34.0 Å². The van der Waals surface area contributed by atoms with E-state index in [-0.39, 0.29) is 11.8 Å². The molecule has 4 rings (SSSR count). The molecule has 6 heteroatoms. The summed E-state index contributed by atoms with van der Waals surface area (Å²) in [5, 5.41) is 15.3. The number of nitrogens with one attached hydrogen (secondary N) is 2. The van der Waals surface area contributed by atoms with E-state index in [1.807, 2.05) is 48.5 Å². The summed E-state index contributed by atoms with van der Waals surface area (Å²) in [5.41, 5.74) is 5.58. The van der Waals surface area contributed by atoms with E-state index in [9.17, 15) is 14.9 Å². The third-order valence-electron chi connectivity index (χ3n) is 5.41. The molecule has 0 saturated heterocycles. The van der Waals surface area contributed by atoms with Gasteiger partial charge in [0.25, 0.3) is 0 Å². The Morgan fingerprint density at radius 2 is 1.81 bits per heavy atom. The van der Waals surface area contributed by atoms with Crippen LogP contribution in [-0.4, -0.2) is 18.4 Å². The highest BCUT2D eigenvalue weighted by Crippen LogP contribution is 2.31. The zero-order valence-electron chi connectivity index (χ0n) is 17.2. The first kappa shape index (κ1) is 20.2. The minimum absolute atomic E-state index is 0.0286. The fraction of sp³-hybridized carbons (Fsp3) is 0.160. The number of hydrogen-bond donors (Lipinski definition) is 2. The summed E-state index contributed by atoms with van der Waals surface area (Å²) < 4.78 is 0. The Balaban J connectivity index is 1.55. The molecule has 0 radical (unpaired) electrons. The number of Topliss-reactive ketones (excluding diaryl/α,β-unsaturated/α-hetero) is 1. The highest BCUT2D eigenvalue weighted by Gasteiger charge is 2.22. The molecular weight excluding hydrogens is 388 g/mol. The molecule has 0 saturated carbocycles. The number of fused-ring (bicyclic) bond motifs is 1. The van der Waals surface area contributed by atoms with Crippen LogP contribution in [0.3, 0.4) is 0 Å². The van der Waals surface area contributed by atoms with Crippen molar-refractivity contribution in [2.24, 2.45) is 0 Å². The first-order valence-corrected chi connectivity index (χ1v) is 10.1. The first-order valence-electron chi connectivity index (χ1n) is 10.1. The summed E-state index contributed by atoms with van der Waals surface area (Å²) >= 11 is 0. The van der Waals surface area contributed by atoms with Gasteiger partial charge in [0, 0.05) is 30.0 Å². The maximum atomic E-state index is 12.4. The van der Waals surface area contributed by atoms with E-state index >= 15 is 0 Å². The molecule has 0 bridgehead atoms. The van der Waals surface area contributed by atoms with Crippen molar-refractivity contribution >= 4 is 28.9 Å². The van der Waals surface area contributed by atoms with Crippen LogP contribution in [-0.2, 0) is 13.0 Å². The molecule has 0 aromatic heterocycles. The minimum Gasteiger partial charge on any atom is -0.366 e. The highest BCUT2D eigenvalue weighted by molar-refractivity contribution is 6.00. The minimum atomic E-state index is -0.289. The lowest BCUT2D eigenvalue weighted by Gasteiger charge is -2.32. The van der Waals surface area contributed by atoms with Crippen molar-refractivity contribution in [2.75, 3.05) is 22.1 Å². The quantitative estimate of drug-likeness (QED) is 0.595. The molecule has 0 atom stereocenters. The summed E-state index contributed by atoms with van der Waals surface area (Å²) in [6.07, 6.45) is 0.715. The molecular formula is C25H22N4O2. The molecule has 0 unspecified atom stereocenters. The molecule has 0 spiro atoms. The van der Waals surface area contributed by atoms with E-state index in [0.717, 1.165) is 28.2 Å². The van der Waals surface area contributed by atoms with Crippen molar-refractivity contribution in [3.8, 4) is 6.07 Å². The smallest absolute Gasteiger partial charge is 0.323 e. The van der Waals surface area contributed by atoms with E-state index in [0.29, 0.717) is 30.6 Å². The Morgan fingerprint density at radius 3 is 2.55 bits per heavy atom. The molecule has 3 aromatic rings. The van der Waals surface area contributed by atoms with Crippen LogP contribution < -0.4 is 15.5 Å². The number of nitrogens with zero attached hydrogens (tertiary/aromatic N) is 2. The lowest BCUT2D eigenvalue weighted by Crippen LogP contribution is -2.32. The van der Waals surface area contributed by atoms with Gasteiger partial charge in [0.2, 0.25) is 0 Å². The van der Waals surface area contributed by atoms with Crippen molar-refractivity contribution in [2.45, 2.75) is 19.9 Å². The van der Waals surface area contributed by atoms with Gasteiger partial charge in [-0.1, -0.05) is 30.3 Å². The first-order chi connectivity index (χ1) is 15.0. The van der Waals surface area contributed by atoms with Crippen LogP contribution >= 0.6 is 0 Å². The van der Waals surface area contributed by atoms with Gasteiger partial charge >= 0.3 is 6.03 Å². The molecule has 31 heavy (non-hydrogen) atoms. The summed E-state index contributed by atoms with van der Waals surface area (Å²) in [5.74, 6) is -0.0286. The number of ketones is 1. The maximum absolute atomic E-state index is 12.4. The molecule has 3 aromatic carbocycles. The van der Waals surface area contributed by atoms with E-state index in [1.54, 1.807) is 18.2 Å². The van der Waals surface area contributed by atoms with Gasteiger partial charge in [-0.15, -0.1) is 0 Å². The molecule has 1 aliphatic rings. The zero-order valence-corrected chi connectivity index (χ0v) is 17.2. The Hall–Kier alpha value is -4.11. The number of anilines is 3. The zero-order chi connectivity index (χ0) is 21.8. The summed E-state index contributed by atoms with van der Waals surface area (Å²) in [6.45, 7) is 2.80. The van der Waals surface area contributed by atoms with Crippen LogP contribution in [0.4, 0.5) is 21.9 Å². The van der Waals surface area contributed by atoms with Crippen molar-refractivity contribution in [3.63, 3.8) is 0 Å². The van der Waals surface area contributed by atoms with Crippen molar-refractivity contribution in [1.29, 1.82) is 5.26 Å². The largest absolute Gasteiger partial charge is 0.366 e. The molecule has 2 N–H and O–H groups in total. The number of nitriles is 1. The number of para-hydroxylation sites is 1. The molecule has 154 valence electrons. The summed E-state index contributed by atoms with van der Waals surface area (Å²) in [4.78, 5) is 26.4. The van der Waals surface area contributed by atoms with Crippen LogP contribution in [0.2, 0.25) is 0 Å². The number of benzene rings is 3. The van der Waals surface area contributed by atoms with Gasteiger partial charge in [-0.2, -0.15) is 5.26 Å². The second kappa shape index (κ2) is 8.72. The number of urea groups is 1. The predicted octanol–water partition coefficient (Wildman–Crippen LogP) is 4.97. The Morgan fingerprint density at radius 1 is 1.00 bits per heavy atom. The SMILES string of the molecule is CC(=O)c1ccc(C#N)c(N2CCc3c(cccc3NC(=O)Nc3ccccc3)C2)c1. The second-order valence-corrected chi connectivity index (χ2v) is 7.46. The van der Waals surface area contributed by atoms with Crippen molar-refractivity contribution in [3.05, 3.63) is 89.0 Å². The fourth-order valence-electron chi connectivity index (χ4n) is 3.85. The Labute approximate surface area is 181 Å². The lowest BCUT2D eigenvalue weighted by atomic mass is 9.96. The number of rotatable bonds is 4. The topological polar surface area (TPSA) is 85.2 Å². The fourth-order valence-corrected chi connectivity index (χ4v) is 3.85. The average Bonchev–Trinajstić information content (AvgIpc) is 2.79. The maximum Gasteiger partial charge on any atom is 0.323 e. The normalized spacial score (nSPS) is 12.5. The third kappa shape index (κ3) is 4.41. The van der Waals surface area contributed by atoms with Crippen LogP contribution in [0, 0.1) is 11.3 Å². The molecule has 1 aliphatic heterocycles. The van der Waals surface area contributed by atoms with Crippen LogP contribution in [0.25, 0.3) is 0 Å². The Bertz CT molecular complexity index is 1180. The van der Waals surface area contributed by atoms with E-state index < -0.39 is 0 Å². The van der Waals surface area contributed by atoms with E-state index in [2.05, 4.69) is 21.6 Å². The van der Waals surface area contributed by atoms with Crippen molar-refractivity contribution in [1.82, 2.24) is 0 Å². The molecule has 0 fully saturated rings. The van der Waals surface area contributed by atoms with Gasteiger partial charge in [-0.05, 0) is 60.9 Å².